The maximum atomic E-state index is 12.4. The molecule has 0 bridgehead atoms. The largest absolute Gasteiger partial charge is 0.301 e. The summed E-state index contributed by atoms with van der Waals surface area (Å²) in [6, 6.07) is 13.3. The highest BCUT2D eigenvalue weighted by Gasteiger charge is 2.13. The number of carbonyl (C=O) groups excluding carboxylic acids is 1. The summed E-state index contributed by atoms with van der Waals surface area (Å²) in [7, 11) is 0. The van der Waals surface area contributed by atoms with Crippen LogP contribution in [0.5, 0.6) is 0 Å². The second-order valence-corrected chi connectivity index (χ2v) is 9.47. The first-order valence-corrected chi connectivity index (χ1v) is 11.7. The van der Waals surface area contributed by atoms with E-state index >= 15 is 0 Å². The van der Waals surface area contributed by atoms with Crippen molar-refractivity contribution in [1.29, 1.82) is 0 Å². The zero-order valence-electron chi connectivity index (χ0n) is 16.2. The van der Waals surface area contributed by atoms with E-state index in [1.165, 1.54) is 23.1 Å². The summed E-state index contributed by atoms with van der Waals surface area (Å²) in [5, 5.41) is 16.7. The summed E-state index contributed by atoms with van der Waals surface area (Å²) in [4.78, 5) is 17.7. The minimum absolute atomic E-state index is 0.161. The molecule has 0 aliphatic rings. The Morgan fingerprint density at radius 3 is 2.74 bits per heavy atom. The molecule has 0 aliphatic heterocycles. The Labute approximate surface area is 196 Å². The monoisotopic (exact) mass is 490 g/mol. The van der Waals surface area contributed by atoms with Gasteiger partial charge in [-0.3, -0.25) is 4.79 Å². The van der Waals surface area contributed by atoms with Gasteiger partial charge in [0, 0.05) is 17.5 Å². The normalized spacial score (nSPS) is 10.9. The molecule has 0 atom stereocenters. The van der Waals surface area contributed by atoms with Crippen molar-refractivity contribution in [2.45, 2.75) is 18.5 Å². The summed E-state index contributed by atoms with van der Waals surface area (Å²) >= 11 is 14.7. The molecule has 0 fully saturated rings. The summed E-state index contributed by atoms with van der Waals surface area (Å²) in [6.45, 7) is 2.01. The fourth-order valence-electron chi connectivity index (χ4n) is 2.70. The topological polar surface area (TPSA) is 85.6 Å². The SMILES string of the molecule is Cc1ccc(-n2nnnc2SCC(=O)Nc2ncc(Cc3ccc(Cl)c(Cl)c3)s2)cc1. The van der Waals surface area contributed by atoms with Crippen molar-refractivity contribution in [3.8, 4) is 5.69 Å². The molecular formula is C20H16Cl2N6OS2. The average molecular weight is 491 g/mol. The molecule has 31 heavy (non-hydrogen) atoms. The molecule has 0 unspecified atom stereocenters. The molecule has 0 saturated heterocycles. The molecule has 1 N–H and O–H groups in total. The lowest BCUT2D eigenvalue weighted by atomic mass is 10.1. The van der Waals surface area contributed by atoms with Crippen LogP contribution in [0.4, 0.5) is 5.13 Å². The van der Waals surface area contributed by atoms with Gasteiger partial charge in [-0.1, -0.05) is 58.7 Å². The first-order valence-electron chi connectivity index (χ1n) is 9.14. The number of hydrogen-bond donors (Lipinski definition) is 1. The third-order valence-corrected chi connectivity index (χ3v) is 6.79. The third-order valence-electron chi connectivity index (χ3n) is 4.21. The van der Waals surface area contributed by atoms with Gasteiger partial charge >= 0.3 is 0 Å². The van der Waals surface area contributed by atoms with E-state index in [-0.39, 0.29) is 11.7 Å². The minimum atomic E-state index is -0.182. The van der Waals surface area contributed by atoms with Gasteiger partial charge in [0.05, 0.1) is 21.5 Å². The second kappa shape index (κ2) is 9.78. The number of thioether (sulfide) groups is 1. The first-order chi connectivity index (χ1) is 15.0. The molecule has 0 radical (unpaired) electrons. The molecule has 2 heterocycles. The van der Waals surface area contributed by atoms with Gasteiger partial charge in [-0.25, -0.2) is 4.98 Å². The van der Waals surface area contributed by atoms with Gasteiger partial charge in [0.25, 0.3) is 0 Å². The first kappa shape index (κ1) is 21.8. The van der Waals surface area contributed by atoms with Crippen LogP contribution >= 0.6 is 46.3 Å². The lowest BCUT2D eigenvalue weighted by molar-refractivity contribution is -0.113. The summed E-state index contributed by atoms with van der Waals surface area (Å²) in [5.41, 5.74) is 3.01. The number of nitrogens with one attached hydrogen (secondary N) is 1. The quantitative estimate of drug-likeness (QED) is 0.364. The predicted molar refractivity (Wildman–Crippen MR) is 125 cm³/mol. The summed E-state index contributed by atoms with van der Waals surface area (Å²) in [5.74, 6) is -0.0209. The number of aromatic nitrogens is 5. The van der Waals surface area contributed by atoms with Gasteiger partial charge < -0.3 is 5.32 Å². The van der Waals surface area contributed by atoms with Crippen molar-refractivity contribution in [3.05, 3.63) is 74.7 Å². The van der Waals surface area contributed by atoms with Crippen LogP contribution in [0.1, 0.15) is 16.0 Å². The smallest absolute Gasteiger partial charge is 0.236 e. The van der Waals surface area contributed by atoms with Crippen molar-refractivity contribution in [3.63, 3.8) is 0 Å². The Morgan fingerprint density at radius 2 is 1.97 bits per heavy atom. The number of anilines is 1. The van der Waals surface area contributed by atoms with Crippen LogP contribution in [0.2, 0.25) is 10.0 Å². The number of aryl methyl sites for hydroxylation is 1. The molecule has 2 aromatic carbocycles. The maximum absolute atomic E-state index is 12.4. The van der Waals surface area contributed by atoms with E-state index in [4.69, 9.17) is 23.2 Å². The van der Waals surface area contributed by atoms with E-state index in [0.717, 1.165) is 21.7 Å². The number of nitrogens with zero attached hydrogens (tertiary/aromatic N) is 5. The number of tetrazole rings is 1. The van der Waals surface area contributed by atoms with Crippen LogP contribution in [-0.4, -0.2) is 36.9 Å². The Bertz CT molecular complexity index is 1210. The van der Waals surface area contributed by atoms with Gasteiger partial charge in [-0.05, 0) is 47.2 Å². The highest BCUT2D eigenvalue weighted by Crippen LogP contribution is 2.26. The molecule has 158 valence electrons. The number of amides is 1. The summed E-state index contributed by atoms with van der Waals surface area (Å²) in [6.07, 6.45) is 2.40. The van der Waals surface area contributed by atoms with Gasteiger partial charge in [0.2, 0.25) is 11.1 Å². The average Bonchev–Trinajstić information content (AvgIpc) is 3.39. The van der Waals surface area contributed by atoms with Crippen molar-refractivity contribution >= 4 is 57.3 Å². The Hall–Kier alpha value is -2.46. The minimum Gasteiger partial charge on any atom is -0.301 e. The van der Waals surface area contributed by atoms with Gasteiger partial charge in [-0.2, -0.15) is 4.68 Å². The molecule has 11 heteroatoms. The molecular weight excluding hydrogens is 475 g/mol. The molecule has 2 aromatic heterocycles. The van der Waals surface area contributed by atoms with Crippen LogP contribution in [0.25, 0.3) is 5.69 Å². The van der Waals surface area contributed by atoms with Crippen molar-refractivity contribution in [2.24, 2.45) is 0 Å². The molecule has 0 spiro atoms. The van der Waals surface area contributed by atoms with Crippen LogP contribution in [-0.2, 0) is 11.2 Å². The standard InChI is InChI=1S/C20H16Cl2N6OS2/c1-12-2-5-14(6-3-12)28-20(25-26-27-28)30-11-18(29)24-19-23-10-15(31-19)8-13-4-7-16(21)17(22)9-13/h2-7,9-10H,8,11H2,1H3,(H,23,24,29). The number of thiazole rings is 1. The predicted octanol–water partition coefficient (Wildman–Crippen LogP) is 5.06. The third kappa shape index (κ3) is 5.62. The zero-order chi connectivity index (χ0) is 21.8. The van der Waals surface area contributed by atoms with Crippen LogP contribution in [0.15, 0.2) is 53.8 Å². The molecule has 0 saturated carbocycles. The van der Waals surface area contributed by atoms with Gasteiger partial charge in [0.1, 0.15) is 0 Å². The highest BCUT2D eigenvalue weighted by atomic mass is 35.5. The number of halogens is 2. The van der Waals surface area contributed by atoms with E-state index in [1.807, 2.05) is 43.3 Å². The zero-order valence-corrected chi connectivity index (χ0v) is 19.4. The highest BCUT2D eigenvalue weighted by molar-refractivity contribution is 7.99. The Morgan fingerprint density at radius 1 is 1.16 bits per heavy atom. The van der Waals surface area contributed by atoms with E-state index in [0.29, 0.717) is 26.8 Å². The van der Waals surface area contributed by atoms with E-state index < -0.39 is 0 Å². The Kier molecular flexibility index (Phi) is 6.86. The fraction of sp³-hybridized carbons (Fsp3) is 0.150. The van der Waals surface area contributed by atoms with Gasteiger partial charge in [-0.15, -0.1) is 16.4 Å². The van der Waals surface area contributed by atoms with Gasteiger partial charge in [0.15, 0.2) is 5.13 Å². The van der Waals surface area contributed by atoms with Crippen LogP contribution < -0.4 is 5.32 Å². The fourth-order valence-corrected chi connectivity index (χ4v) is 4.57. The number of rotatable bonds is 7. The van der Waals surface area contributed by atoms with Crippen molar-refractivity contribution in [2.75, 3.05) is 11.1 Å². The molecule has 4 rings (SSSR count). The molecule has 0 aliphatic carbocycles. The molecule has 4 aromatic rings. The second-order valence-electron chi connectivity index (χ2n) is 6.60. The number of carbonyl (C=O) groups is 1. The summed E-state index contributed by atoms with van der Waals surface area (Å²) < 4.78 is 1.61. The lowest BCUT2D eigenvalue weighted by Gasteiger charge is -2.04. The molecule has 1 amide bonds. The van der Waals surface area contributed by atoms with E-state index in [2.05, 4.69) is 25.8 Å². The number of benzene rings is 2. The van der Waals surface area contributed by atoms with Crippen molar-refractivity contribution < 1.29 is 4.79 Å². The lowest BCUT2D eigenvalue weighted by Crippen LogP contribution is -2.14. The van der Waals surface area contributed by atoms with Crippen LogP contribution in [0.3, 0.4) is 0 Å². The van der Waals surface area contributed by atoms with Crippen molar-refractivity contribution in [1.82, 2.24) is 25.2 Å². The van der Waals surface area contributed by atoms with E-state index in [9.17, 15) is 4.79 Å². The molecule has 7 nitrogen and oxygen atoms in total. The van der Waals surface area contributed by atoms with Crippen LogP contribution in [0, 0.1) is 6.92 Å². The van der Waals surface area contributed by atoms with E-state index in [1.54, 1.807) is 16.9 Å². The maximum Gasteiger partial charge on any atom is 0.236 e. The number of hydrogen-bond acceptors (Lipinski definition) is 7. The Balaban J connectivity index is 1.33.